The summed E-state index contributed by atoms with van der Waals surface area (Å²) in [6.45, 7) is 0. The van der Waals surface area contributed by atoms with Crippen LogP contribution in [0.25, 0.3) is 11.1 Å². The molecule has 2 saturated carbocycles. The number of Topliss-reactive ketones (excluding diaryl/α,β-unsaturated/α-hetero) is 1. The van der Waals surface area contributed by atoms with Gasteiger partial charge in [0.1, 0.15) is 0 Å². The third kappa shape index (κ3) is 1.59. The number of carbonyl (C=O) groups excluding carboxylic acids is 1. The summed E-state index contributed by atoms with van der Waals surface area (Å²) in [6, 6.07) is 5.32. The first-order valence-electron chi connectivity index (χ1n) is 6.77. The van der Waals surface area contributed by atoms with Gasteiger partial charge in [0, 0.05) is 18.5 Å². The van der Waals surface area contributed by atoms with E-state index in [0.717, 1.165) is 30.2 Å². The maximum atomic E-state index is 12.4. The highest BCUT2D eigenvalue weighted by molar-refractivity contribution is 6.00. The largest absolute Gasteiger partial charge is 0.419 e. The van der Waals surface area contributed by atoms with E-state index in [1.54, 1.807) is 19.2 Å². The lowest BCUT2D eigenvalue weighted by atomic mass is 9.93. The van der Waals surface area contributed by atoms with Crippen molar-refractivity contribution in [2.75, 3.05) is 0 Å². The topological polar surface area (TPSA) is 52.2 Å². The average Bonchev–Trinajstić information content (AvgIpc) is 2.91. The van der Waals surface area contributed by atoms with Gasteiger partial charge in [0.05, 0.1) is 5.52 Å². The summed E-state index contributed by atoms with van der Waals surface area (Å²) >= 11 is 0. The number of oxazole rings is 1. The van der Waals surface area contributed by atoms with E-state index in [0.29, 0.717) is 11.1 Å². The first kappa shape index (κ1) is 11.0. The van der Waals surface area contributed by atoms with E-state index >= 15 is 0 Å². The molecule has 2 aromatic rings. The van der Waals surface area contributed by atoms with E-state index in [1.165, 1.54) is 11.0 Å². The lowest BCUT2D eigenvalue weighted by molar-refractivity contribution is 0.0914. The number of hydrogen-bond acceptors (Lipinski definition) is 3. The summed E-state index contributed by atoms with van der Waals surface area (Å²) in [7, 11) is 1.67. The van der Waals surface area contributed by atoms with Crippen LogP contribution < -0.4 is 5.76 Å². The molecule has 4 nitrogen and oxygen atoms in total. The Hall–Kier alpha value is -1.84. The van der Waals surface area contributed by atoms with Gasteiger partial charge < -0.3 is 4.42 Å². The molecule has 0 radical (unpaired) electrons. The van der Waals surface area contributed by atoms with Crippen molar-refractivity contribution in [3.05, 3.63) is 34.3 Å². The highest BCUT2D eigenvalue weighted by Gasteiger charge is 2.47. The SMILES string of the molecule is Cn1c(=O)oc2cc(C(=O)C3CC4CC4C3)ccc21. The molecule has 2 aliphatic rings. The Balaban J connectivity index is 1.70. The van der Waals surface area contributed by atoms with Gasteiger partial charge in [-0.25, -0.2) is 4.79 Å². The van der Waals surface area contributed by atoms with Crippen LogP contribution in [-0.4, -0.2) is 10.4 Å². The van der Waals surface area contributed by atoms with Crippen molar-refractivity contribution in [1.82, 2.24) is 4.57 Å². The van der Waals surface area contributed by atoms with E-state index < -0.39 is 0 Å². The third-order valence-electron chi connectivity index (χ3n) is 4.69. The molecule has 2 aliphatic carbocycles. The Kier molecular flexibility index (Phi) is 2.08. The molecule has 0 aliphatic heterocycles. The number of nitrogens with zero attached hydrogens (tertiary/aromatic N) is 1. The van der Waals surface area contributed by atoms with Crippen molar-refractivity contribution in [2.45, 2.75) is 19.3 Å². The molecule has 1 aromatic carbocycles. The molecular weight excluding hydrogens is 242 g/mol. The smallest absolute Gasteiger partial charge is 0.408 e. The molecule has 0 saturated heterocycles. The monoisotopic (exact) mass is 257 g/mol. The predicted molar refractivity (Wildman–Crippen MR) is 70.1 cm³/mol. The van der Waals surface area contributed by atoms with Gasteiger partial charge in [-0.1, -0.05) is 0 Å². The van der Waals surface area contributed by atoms with Crippen LogP contribution in [-0.2, 0) is 7.05 Å². The number of aryl methyl sites for hydroxylation is 1. The van der Waals surface area contributed by atoms with Crippen molar-refractivity contribution >= 4 is 16.9 Å². The molecular formula is C15H15NO3. The first-order valence-corrected chi connectivity index (χ1v) is 6.77. The summed E-state index contributed by atoms with van der Waals surface area (Å²) in [6.07, 6.45) is 3.40. The molecule has 19 heavy (non-hydrogen) atoms. The quantitative estimate of drug-likeness (QED) is 0.776. The number of fused-ring (bicyclic) bond motifs is 2. The van der Waals surface area contributed by atoms with Gasteiger partial charge in [0.25, 0.3) is 0 Å². The fourth-order valence-corrected chi connectivity index (χ4v) is 3.45. The number of hydrogen-bond donors (Lipinski definition) is 0. The van der Waals surface area contributed by atoms with E-state index in [2.05, 4.69) is 0 Å². The highest BCUT2D eigenvalue weighted by atomic mass is 16.4. The average molecular weight is 257 g/mol. The summed E-state index contributed by atoms with van der Waals surface area (Å²) < 4.78 is 6.59. The van der Waals surface area contributed by atoms with Crippen LogP contribution in [0.5, 0.6) is 0 Å². The number of ketones is 1. The van der Waals surface area contributed by atoms with Crippen LogP contribution in [0.15, 0.2) is 27.4 Å². The fourth-order valence-electron chi connectivity index (χ4n) is 3.45. The van der Waals surface area contributed by atoms with Crippen molar-refractivity contribution in [2.24, 2.45) is 24.8 Å². The molecule has 2 fully saturated rings. The van der Waals surface area contributed by atoms with Crippen molar-refractivity contribution < 1.29 is 9.21 Å². The van der Waals surface area contributed by atoms with Crippen LogP contribution in [0.2, 0.25) is 0 Å². The van der Waals surface area contributed by atoms with Gasteiger partial charge in [0.15, 0.2) is 11.4 Å². The lowest BCUT2D eigenvalue weighted by Gasteiger charge is -2.10. The number of benzene rings is 1. The van der Waals surface area contributed by atoms with Gasteiger partial charge in [0.2, 0.25) is 0 Å². The molecule has 2 unspecified atom stereocenters. The van der Waals surface area contributed by atoms with Gasteiger partial charge in [-0.3, -0.25) is 9.36 Å². The van der Waals surface area contributed by atoms with Gasteiger partial charge >= 0.3 is 5.76 Å². The molecule has 4 rings (SSSR count). The Morgan fingerprint density at radius 1 is 1.26 bits per heavy atom. The minimum atomic E-state index is -0.387. The summed E-state index contributed by atoms with van der Waals surface area (Å²) in [5.74, 6) is 1.60. The second-order valence-corrected chi connectivity index (χ2v) is 5.90. The zero-order chi connectivity index (χ0) is 13.1. The first-order chi connectivity index (χ1) is 9.13. The van der Waals surface area contributed by atoms with Crippen LogP contribution >= 0.6 is 0 Å². The maximum absolute atomic E-state index is 12.4. The normalized spacial score (nSPS) is 28.6. The highest BCUT2D eigenvalue weighted by Crippen LogP contribution is 2.54. The van der Waals surface area contributed by atoms with E-state index in [1.807, 2.05) is 6.07 Å². The third-order valence-corrected chi connectivity index (χ3v) is 4.69. The molecule has 1 aromatic heterocycles. The van der Waals surface area contributed by atoms with Crippen LogP contribution in [0.3, 0.4) is 0 Å². The lowest BCUT2D eigenvalue weighted by Crippen LogP contribution is -2.12. The minimum absolute atomic E-state index is 0.177. The van der Waals surface area contributed by atoms with E-state index in [4.69, 9.17) is 4.42 Å². The molecule has 0 N–H and O–H groups in total. The van der Waals surface area contributed by atoms with Gasteiger partial charge in [-0.05, 0) is 49.3 Å². The zero-order valence-corrected chi connectivity index (χ0v) is 10.8. The van der Waals surface area contributed by atoms with E-state index in [-0.39, 0.29) is 17.5 Å². The Morgan fingerprint density at radius 3 is 2.74 bits per heavy atom. The predicted octanol–water partition coefficient (Wildman–Crippen LogP) is 2.36. The van der Waals surface area contributed by atoms with Crippen LogP contribution in [0.1, 0.15) is 29.6 Å². The van der Waals surface area contributed by atoms with E-state index in [9.17, 15) is 9.59 Å². The van der Waals surface area contributed by atoms with Gasteiger partial charge in [-0.15, -0.1) is 0 Å². The molecule has 0 amide bonds. The number of aromatic nitrogens is 1. The second-order valence-electron chi connectivity index (χ2n) is 5.90. The summed E-state index contributed by atoms with van der Waals surface area (Å²) in [4.78, 5) is 23.9. The minimum Gasteiger partial charge on any atom is -0.408 e. The van der Waals surface area contributed by atoms with Crippen molar-refractivity contribution in [1.29, 1.82) is 0 Å². The van der Waals surface area contributed by atoms with Crippen molar-refractivity contribution in [3.8, 4) is 0 Å². The Labute approximate surface area is 110 Å². The Morgan fingerprint density at radius 2 is 2.00 bits per heavy atom. The van der Waals surface area contributed by atoms with Gasteiger partial charge in [-0.2, -0.15) is 0 Å². The van der Waals surface area contributed by atoms with Crippen LogP contribution in [0.4, 0.5) is 0 Å². The fraction of sp³-hybridized carbons (Fsp3) is 0.467. The number of carbonyl (C=O) groups is 1. The molecule has 0 spiro atoms. The molecule has 4 heteroatoms. The van der Waals surface area contributed by atoms with Crippen molar-refractivity contribution in [3.63, 3.8) is 0 Å². The summed E-state index contributed by atoms with van der Waals surface area (Å²) in [5.41, 5.74) is 1.91. The summed E-state index contributed by atoms with van der Waals surface area (Å²) in [5, 5.41) is 0. The number of rotatable bonds is 2. The molecule has 2 atom stereocenters. The zero-order valence-electron chi connectivity index (χ0n) is 10.8. The second kappa shape index (κ2) is 3.59. The molecule has 98 valence electrons. The molecule has 1 heterocycles. The molecule has 0 bridgehead atoms. The maximum Gasteiger partial charge on any atom is 0.419 e. The standard InChI is InChI=1S/C15H15NO3/c1-16-12-3-2-8(7-13(12)19-15(16)18)14(17)11-5-9-4-10(9)6-11/h2-3,7,9-11H,4-6H2,1H3. The Bertz CT molecular complexity index is 729. The van der Waals surface area contributed by atoms with Crippen LogP contribution in [0, 0.1) is 17.8 Å².